The fraction of sp³-hybridized carbons (Fsp3) is 0.350. The van der Waals surface area contributed by atoms with Gasteiger partial charge >= 0.3 is 0 Å². The molecule has 126 valence electrons. The number of likely N-dealkylation sites (tertiary alicyclic amines) is 1. The van der Waals surface area contributed by atoms with Gasteiger partial charge < -0.3 is 10.2 Å². The second-order valence-corrected chi connectivity index (χ2v) is 6.36. The van der Waals surface area contributed by atoms with Gasteiger partial charge in [0, 0.05) is 30.8 Å². The Bertz CT molecular complexity index is 716. The lowest BCUT2D eigenvalue weighted by Gasteiger charge is -2.27. The number of halogens is 1. The number of hydrogen-bond donors (Lipinski definition) is 1. The number of benzene rings is 2. The zero-order valence-corrected chi connectivity index (χ0v) is 14.0. The number of nitrogens with one attached hydrogen (secondary N) is 1. The van der Waals surface area contributed by atoms with Crippen molar-refractivity contribution in [1.29, 1.82) is 0 Å². The van der Waals surface area contributed by atoms with Crippen LogP contribution in [0.2, 0.25) is 0 Å². The van der Waals surface area contributed by atoms with E-state index in [0.29, 0.717) is 18.5 Å². The summed E-state index contributed by atoms with van der Waals surface area (Å²) in [5.41, 5.74) is 2.68. The van der Waals surface area contributed by atoms with Gasteiger partial charge in [-0.25, -0.2) is 4.39 Å². The summed E-state index contributed by atoms with van der Waals surface area (Å²) in [4.78, 5) is 13.9. The molecule has 1 N–H and O–H groups in total. The quantitative estimate of drug-likeness (QED) is 0.876. The second-order valence-electron chi connectivity index (χ2n) is 6.36. The maximum atomic E-state index is 13.9. The predicted molar refractivity (Wildman–Crippen MR) is 94.1 cm³/mol. The van der Waals surface area contributed by atoms with E-state index in [-0.39, 0.29) is 17.8 Å². The minimum absolute atomic E-state index is 0.127. The topological polar surface area (TPSA) is 32.3 Å². The van der Waals surface area contributed by atoms with E-state index in [2.05, 4.69) is 5.32 Å². The summed E-state index contributed by atoms with van der Waals surface area (Å²) in [5, 5.41) is 3.34. The van der Waals surface area contributed by atoms with Crippen LogP contribution in [0.1, 0.15) is 43.4 Å². The molecule has 0 aromatic heterocycles. The molecule has 1 fully saturated rings. The lowest BCUT2D eigenvalue weighted by molar-refractivity contribution is -0.133. The molecular formula is C20H23FN2O. The van der Waals surface area contributed by atoms with Crippen LogP contribution in [0, 0.1) is 5.82 Å². The van der Waals surface area contributed by atoms with Crippen molar-refractivity contribution in [3.8, 4) is 0 Å². The summed E-state index contributed by atoms with van der Waals surface area (Å²) in [5.74, 6) is 0.0342. The third-order valence-electron chi connectivity index (χ3n) is 4.48. The molecule has 0 unspecified atom stereocenters. The molecule has 0 saturated carbocycles. The summed E-state index contributed by atoms with van der Waals surface area (Å²) in [6.45, 7) is 3.42. The van der Waals surface area contributed by atoms with Crippen LogP contribution < -0.4 is 5.32 Å². The monoisotopic (exact) mass is 326 g/mol. The summed E-state index contributed by atoms with van der Waals surface area (Å²) in [6, 6.07) is 14.7. The minimum atomic E-state index is -0.201. The Labute approximate surface area is 142 Å². The highest BCUT2D eigenvalue weighted by Gasteiger charge is 2.18. The number of amides is 1. The van der Waals surface area contributed by atoms with Gasteiger partial charge in [0.15, 0.2) is 0 Å². The molecule has 0 aliphatic carbocycles. The Hall–Kier alpha value is -2.36. The smallest absolute Gasteiger partial charge is 0.222 e. The van der Waals surface area contributed by atoms with Gasteiger partial charge in [-0.1, -0.05) is 30.3 Å². The van der Waals surface area contributed by atoms with Crippen molar-refractivity contribution in [1.82, 2.24) is 4.90 Å². The fourth-order valence-electron chi connectivity index (χ4n) is 3.16. The molecule has 1 aliphatic heterocycles. The van der Waals surface area contributed by atoms with Crippen LogP contribution >= 0.6 is 0 Å². The Morgan fingerprint density at radius 3 is 2.79 bits per heavy atom. The van der Waals surface area contributed by atoms with Gasteiger partial charge in [-0.2, -0.15) is 0 Å². The summed E-state index contributed by atoms with van der Waals surface area (Å²) < 4.78 is 13.9. The average molecular weight is 326 g/mol. The molecule has 4 heteroatoms. The highest BCUT2D eigenvalue weighted by Crippen LogP contribution is 2.23. The fourth-order valence-corrected chi connectivity index (χ4v) is 3.16. The van der Waals surface area contributed by atoms with Crippen molar-refractivity contribution < 1.29 is 9.18 Å². The number of carbonyl (C=O) groups is 1. The number of hydrogen-bond acceptors (Lipinski definition) is 2. The third kappa shape index (κ3) is 3.94. The summed E-state index contributed by atoms with van der Waals surface area (Å²) >= 11 is 0. The predicted octanol–water partition coefficient (Wildman–Crippen LogP) is 4.51. The van der Waals surface area contributed by atoms with E-state index in [1.54, 1.807) is 12.1 Å². The normalized spacial score (nSPS) is 16.1. The molecule has 1 saturated heterocycles. The first kappa shape index (κ1) is 16.5. The molecule has 0 spiro atoms. The van der Waals surface area contributed by atoms with E-state index < -0.39 is 0 Å². The lowest BCUT2D eigenvalue weighted by Crippen LogP contribution is -2.34. The van der Waals surface area contributed by atoms with Gasteiger partial charge in [-0.15, -0.1) is 0 Å². The molecule has 1 amide bonds. The van der Waals surface area contributed by atoms with Crippen LogP contribution in [0.25, 0.3) is 0 Å². The molecular weight excluding hydrogens is 303 g/mol. The van der Waals surface area contributed by atoms with E-state index in [1.165, 1.54) is 6.07 Å². The molecule has 1 heterocycles. The maximum absolute atomic E-state index is 13.9. The number of piperidine rings is 1. The van der Waals surface area contributed by atoms with Gasteiger partial charge in [0.25, 0.3) is 0 Å². The second kappa shape index (κ2) is 7.47. The summed E-state index contributed by atoms with van der Waals surface area (Å²) in [7, 11) is 0. The molecule has 24 heavy (non-hydrogen) atoms. The molecule has 0 bridgehead atoms. The van der Waals surface area contributed by atoms with E-state index in [9.17, 15) is 9.18 Å². The SMILES string of the molecule is C[C@@H](Nc1cccc(CN2CCCCC2=O)c1)c1ccccc1F. The van der Waals surface area contributed by atoms with Crippen molar-refractivity contribution in [3.63, 3.8) is 0 Å². The highest BCUT2D eigenvalue weighted by atomic mass is 19.1. The van der Waals surface area contributed by atoms with Crippen molar-refractivity contribution in [2.75, 3.05) is 11.9 Å². The third-order valence-corrected chi connectivity index (χ3v) is 4.48. The lowest BCUT2D eigenvalue weighted by atomic mass is 10.1. The van der Waals surface area contributed by atoms with Crippen LogP contribution in [0.3, 0.4) is 0 Å². The zero-order chi connectivity index (χ0) is 16.9. The van der Waals surface area contributed by atoms with Crippen molar-refractivity contribution in [2.24, 2.45) is 0 Å². The van der Waals surface area contributed by atoms with Gasteiger partial charge in [0.2, 0.25) is 5.91 Å². The molecule has 1 aliphatic rings. The van der Waals surface area contributed by atoms with Gasteiger partial charge in [0.05, 0.1) is 6.04 Å². The van der Waals surface area contributed by atoms with Crippen LogP contribution in [-0.2, 0) is 11.3 Å². The molecule has 2 aromatic rings. The van der Waals surface area contributed by atoms with Crippen LogP contribution in [-0.4, -0.2) is 17.4 Å². The zero-order valence-electron chi connectivity index (χ0n) is 14.0. The van der Waals surface area contributed by atoms with Gasteiger partial charge in [-0.05, 0) is 43.5 Å². The maximum Gasteiger partial charge on any atom is 0.222 e. The first-order valence-corrected chi connectivity index (χ1v) is 8.51. The number of nitrogens with zero attached hydrogens (tertiary/aromatic N) is 1. The standard InChI is InChI=1S/C20H23FN2O/c1-15(18-9-2-3-10-19(18)21)22-17-8-6-7-16(13-17)14-23-12-5-4-11-20(23)24/h2-3,6-10,13,15,22H,4-5,11-12,14H2,1H3/t15-/m1/s1. The largest absolute Gasteiger partial charge is 0.378 e. The van der Waals surface area contributed by atoms with Crippen LogP contribution in [0.5, 0.6) is 0 Å². The highest BCUT2D eigenvalue weighted by molar-refractivity contribution is 5.76. The molecule has 3 rings (SSSR count). The Kier molecular flexibility index (Phi) is 5.14. The van der Waals surface area contributed by atoms with Crippen LogP contribution in [0.15, 0.2) is 48.5 Å². The van der Waals surface area contributed by atoms with E-state index in [1.807, 2.05) is 42.2 Å². The Balaban J connectivity index is 1.69. The van der Waals surface area contributed by atoms with Crippen molar-refractivity contribution >= 4 is 11.6 Å². The summed E-state index contributed by atoms with van der Waals surface area (Å²) in [6.07, 6.45) is 2.73. The Morgan fingerprint density at radius 2 is 2.00 bits per heavy atom. The minimum Gasteiger partial charge on any atom is -0.378 e. The van der Waals surface area contributed by atoms with E-state index in [4.69, 9.17) is 0 Å². The van der Waals surface area contributed by atoms with Crippen molar-refractivity contribution in [3.05, 3.63) is 65.5 Å². The number of rotatable bonds is 5. The molecule has 2 aromatic carbocycles. The van der Waals surface area contributed by atoms with E-state index in [0.717, 1.165) is 30.6 Å². The molecule has 0 radical (unpaired) electrons. The van der Waals surface area contributed by atoms with Crippen LogP contribution in [0.4, 0.5) is 10.1 Å². The van der Waals surface area contributed by atoms with Crippen molar-refractivity contribution in [2.45, 2.75) is 38.8 Å². The Morgan fingerprint density at radius 1 is 1.17 bits per heavy atom. The number of anilines is 1. The average Bonchev–Trinajstić information content (AvgIpc) is 2.58. The van der Waals surface area contributed by atoms with Gasteiger partial charge in [0.1, 0.15) is 5.82 Å². The van der Waals surface area contributed by atoms with E-state index >= 15 is 0 Å². The number of carbonyl (C=O) groups excluding carboxylic acids is 1. The molecule has 3 nitrogen and oxygen atoms in total. The first-order valence-electron chi connectivity index (χ1n) is 8.51. The molecule has 1 atom stereocenters. The van der Waals surface area contributed by atoms with Gasteiger partial charge in [-0.3, -0.25) is 4.79 Å². The first-order chi connectivity index (χ1) is 11.6.